The Kier molecular flexibility index (Phi) is 4.31. The molecule has 2 unspecified atom stereocenters. The van der Waals surface area contributed by atoms with Gasteiger partial charge in [-0.3, -0.25) is 0 Å². The van der Waals surface area contributed by atoms with Gasteiger partial charge in [-0.05, 0) is 31.5 Å². The molecular formula is C13H16BrFN4. The Balaban J connectivity index is 2.13. The summed E-state index contributed by atoms with van der Waals surface area (Å²) >= 11 is 3.39. The van der Waals surface area contributed by atoms with Gasteiger partial charge in [-0.15, -0.1) is 10.2 Å². The summed E-state index contributed by atoms with van der Waals surface area (Å²) in [5, 5.41) is 11.4. The van der Waals surface area contributed by atoms with E-state index < -0.39 is 0 Å². The Hall–Kier alpha value is -1.27. The van der Waals surface area contributed by atoms with Crippen LogP contribution in [0.25, 0.3) is 0 Å². The quantitative estimate of drug-likeness (QED) is 0.938. The molecule has 0 bridgehead atoms. The second-order valence-corrected chi connectivity index (χ2v) is 5.43. The SMILES string of the molecule is CC(NC(C)c1nncn1C)c1ccc(F)cc1Br. The van der Waals surface area contributed by atoms with Crippen LogP contribution in [0.2, 0.25) is 0 Å². The lowest BCUT2D eigenvalue weighted by Crippen LogP contribution is -2.25. The summed E-state index contributed by atoms with van der Waals surface area (Å²) in [5.41, 5.74) is 1.01. The summed E-state index contributed by atoms with van der Waals surface area (Å²) in [4.78, 5) is 0. The van der Waals surface area contributed by atoms with Crippen LogP contribution in [0.3, 0.4) is 0 Å². The first-order valence-electron chi connectivity index (χ1n) is 6.04. The van der Waals surface area contributed by atoms with Gasteiger partial charge in [0.25, 0.3) is 0 Å². The zero-order valence-electron chi connectivity index (χ0n) is 11.1. The fourth-order valence-corrected chi connectivity index (χ4v) is 2.77. The van der Waals surface area contributed by atoms with E-state index in [0.717, 1.165) is 15.9 Å². The average molecular weight is 327 g/mol. The molecule has 0 aliphatic carbocycles. The van der Waals surface area contributed by atoms with Crippen molar-refractivity contribution in [3.05, 3.63) is 46.2 Å². The van der Waals surface area contributed by atoms with Crippen LogP contribution in [0.5, 0.6) is 0 Å². The molecule has 4 nitrogen and oxygen atoms in total. The highest BCUT2D eigenvalue weighted by atomic mass is 79.9. The molecular weight excluding hydrogens is 311 g/mol. The van der Waals surface area contributed by atoms with Crippen molar-refractivity contribution in [1.82, 2.24) is 20.1 Å². The van der Waals surface area contributed by atoms with Crippen molar-refractivity contribution < 1.29 is 4.39 Å². The summed E-state index contributed by atoms with van der Waals surface area (Å²) in [5.74, 6) is 0.620. The molecule has 0 spiro atoms. The van der Waals surface area contributed by atoms with Gasteiger partial charge in [-0.25, -0.2) is 4.39 Å². The Morgan fingerprint density at radius 1 is 1.32 bits per heavy atom. The predicted octanol–water partition coefficient (Wildman–Crippen LogP) is 3.13. The lowest BCUT2D eigenvalue weighted by atomic mass is 10.1. The fourth-order valence-electron chi connectivity index (χ4n) is 2.08. The molecule has 1 heterocycles. The third kappa shape index (κ3) is 3.19. The molecule has 1 aromatic heterocycles. The molecule has 0 radical (unpaired) electrons. The minimum Gasteiger partial charge on any atom is -0.319 e. The zero-order valence-corrected chi connectivity index (χ0v) is 12.6. The number of rotatable bonds is 4. The number of hydrogen-bond donors (Lipinski definition) is 1. The number of aromatic nitrogens is 3. The summed E-state index contributed by atoms with van der Waals surface area (Å²) in [6.45, 7) is 4.06. The van der Waals surface area contributed by atoms with E-state index in [9.17, 15) is 4.39 Å². The maximum Gasteiger partial charge on any atom is 0.149 e. The van der Waals surface area contributed by atoms with Crippen molar-refractivity contribution in [3.8, 4) is 0 Å². The Labute approximate surface area is 120 Å². The lowest BCUT2D eigenvalue weighted by molar-refractivity contribution is 0.464. The van der Waals surface area contributed by atoms with Crippen LogP contribution in [0, 0.1) is 5.82 Å². The molecule has 2 rings (SSSR count). The summed E-state index contributed by atoms with van der Waals surface area (Å²) in [6, 6.07) is 4.84. The van der Waals surface area contributed by atoms with Gasteiger partial charge < -0.3 is 9.88 Å². The maximum absolute atomic E-state index is 13.1. The standard InChI is InChI=1S/C13H16BrFN4/c1-8(11-5-4-10(15)6-12(11)14)17-9(2)13-18-16-7-19(13)3/h4-9,17H,1-3H3. The van der Waals surface area contributed by atoms with Crippen LogP contribution < -0.4 is 5.32 Å². The molecule has 2 aromatic rings. The van der Waals surface area contributed by atoms with E-state index in [4.69, 9.17) is 0 Å². The third-order valence-corrected chi connectivity index (χ3v) is 3.75. The number of aryl methyl sites for hydroxylation is 1. The topological polar surface area (TPSA) is 42.7 Å². The van der Waals surface area contributed by atoms with Crippen molar-refractivity contribution >= 4 is 15.9 Å². The van der Waals surface area contributed by atoms with Gasteiger partial charge in [0.1, 0.15) is 18.0 Å². The van der Waals surface area contributed by atoms with E-state index >= 15 is 0 Å². The molecule has 6 heteroatoms. The Morgan fingerprint density at radius 3 is 2.63 bits per heavy atom. The average Bonchev–Trinajstić information content (AvgIpc) is 2.75. The van der Waals surface area contributed by atoms with Gasteiger partial charge in [0.15, 0.2) is 0 Å². The highest BCUT2D eigenvalue weighted by Gasteiger charge is 2.16. The van der Waals surface area contributed by atoms with E-state index in [1.54, 1.807) is 12.4 Å². The molecule has 0 saturated carbocycles. The maximum atomic E-state index is 13.1. The first-order chi connectivity index (χ1) is 8.99. The molecule has 0 aliphatic rings. The van der Waals surface area contributed by atoms with Crippen molar-refractivity contribution in [2.45, 2.75) is 25.9 Å². The number of nitrogens with zero attached hydrogens (tertiary/aromatic N) is 3. The van der Waals surface area contributed by atoms with Crippen LogP contribution in [0.15, 0.2) is 29.0 Å². The van der Waals surface area contributed by atoms with Gasteiger partial charge in [-0.2, -0.15) is 0 Å². The van der Waals surface area contributed by atoms with Gasteiger partial charge in [0, 0.05) is 17.6 Å². The molecule has 0 amide bonds. The first-order valence-corrected chi connectivity index (χ1v) is 6.83. The molecule has 0 aliphatic heterocycles. The summed E-state index contributed by atoms with van der Waals surface area (Å²) in [7, 11) is 1.91. The normalized spacial score (nSPS) is 14.4. The molecule has 19 heavy (non-hydrogen) atoms. The second kappa shape index (κ2) is 5.79. The smallest absolute Gasteiger partial charge is 0.149 e. The van der Waals surface area contributed by atoms with E-state index in [-0.39, 0.29) is 17.9 Å². The minimum absolute atomic E-state index is 0.0550. The highest BCUT2D eigenvalue weighted by Crippen LogP contribution is 2.26. The monoisotopic (exact) mass is 326 g/mol. The van der Waals surface area contributed by atoms with E-state index in [1.165, 1.54) is 12.1 Å². The number of hydrogen-bond acceptors (Lipinski definition) is 3. The summed E-state index contributed by atoms with van der Waals surface area (Å²) < 4.78 is 15.7. The number of halogens is 2. The van der Waals surface area contributed by atoms with Crippen LogP contribution in [-0.4, -0.2) is 14.8 Å². The van der Waals surface area contributed by atoms with Crippen molar-refractivity contribution in [1.29, 1.82) is 0 Å². The van der Waals surface area contributed by atoms with Crippen LogP contribution >= 0.6 is 15.9 Å². The highest BCUT2D eigenvalue weighted by molar-refractivity contribution is 9.10. The van der Waals surface area contributed by atoms with Gasteiger partial charge in [0.05, 0.1) is 6.04 Å². The number of nitrogens with one attached hydrogen (secondary N) is 1. The molecule has 1 N–H and O–H groups in total. The third-order valence-electron chi connectivity index (χ3n) is 3.06. The van der Waals surface area contributed by atoms with E-state index in [2.05, 4.69) is 31.4 Å². The van der Waals surface area contributed by atoms with Crippen LogP contribution in [-0.2, 0) is 7.05 Å². The largest absolute Gasteiger partial charge is 0.319 e. The van der Waals surface area contributed by atoms with Crippen molar-refractivity contribution in [2.75, 3.05) is 0 Å². The minimum atomic E-state index is -0.246. The fraction of sp³-hybridized carbons (Fsp3) is 0.385. The first kappa shape index (κ1) is 14.1. The Bertz CT molecular complexity index is 570. The van der Waals surface area contributed by atoms with Gasteiger partial charge in [-0.1, -0.05) is 22.0 Å². The van der Waals surface area contributed by atoms with Crippen LogP contribution in [0.4, 0.5) is 4.39 Å². The lowest BCUT2D eigenvalue weighted by Gasteiger charge is -2.20. The van der Waals surface area contributed by atoms with Crippen LogP contribution in [0.1, 0.15) is 37.3 Å². The van der Waals surface area contributed by atoms with E-state index in [1.807, 2.05) is 25.5 Å². The second-order valence-electron chi connectivity index (χ2n) is 4.58. The number of benzene rings is 1. The molecule has 2 atom stereocenters. The summed E-state index contributed by atoms with van der Waals surface area (Å²) in [6.07, 6.45) is 1.67. The molecule has 102 valence electrons. The van der Waals surface area contributed by atoms with E-state index in [0.29, 0.717) is 0 Å². The van der Waals surface area contributed by atoms with Crippen molar-refractivity contribution in [3.63, 3.8) is 0 Å². The Morgan fingerprint density at radius 2 is 2.05 bits per heavy atom. The van der Waals surface area contributed by atoms with Gasteiger partial charge >= 0.3 is 0 Å². The molecule has 0 saturated heterocycles. The molecule has 0 fully saturated rings. The predicted molar refractivity (Wildman–Crippen MR) is 75.1 cm³/mol. The van der Waals surface area contributed by atoms with Crippen molar-refractivity contribution in [2.24, 2.45) is 7.05 Å². The molecule has 1 aromatic carbocycles. The van der Waals surface area contributed by atoms with Gasteiger partial charge in [0.2, 0.25) is 0 Å². The zero-order chi connectivity index (χ0) is 14.0.